The molecular formula is C39H30FN3O4S. The van der Waals surface area contributed by atoms with Gasteiger partial charge in [0.1, 0.15) is 23.9 Å². The molecule has 2 heterocycles. The van der Waals surface area contributed by atoms with Crippen molar-refractivity contribution in [2.75, 3.05) is 12.4 Å². The number of rotatable bonds is 8. The second-order valence-corrected chi connectivity index (χ2v) is 12.3. The van der Waals surface area contributed by atoms with Crippen molar-refractivity contribution < 1.29 is 18.7 Å². The number of fused-ring (bicyclic) bond motifs is 2. The van der Waals surface area contributed by atoms with Gasteiger partial charge < -0.3 is 14.8 Å². The molecule has 0 spiro atoms. The Bertz CT molecular complexity index is 2400. The van der Waals surface area contributed by atoms with Crippen LogP contribution in [0.3, 0.4) is 0 Å². The monoisotopic (exact) mass is 655 g/mol. The molecule has 0 saturated carbocycles. The zero-order chi connectivity index (χ0) is 33.2. The number of carbonyl (C=O) groups is 1. The third-order valence-corrected chi connectivity index (χ3v) is 9.24. The first-order valence-corrected chi connectivity index (χ1v) is 16.1. The molecule has 1 aliphatic heterocycles. The summed E-state index contributed by atoms with van der Waals surface area (Å²) in [4.78, 5) is 33.6. The maximum atomic E-state index is 14.5. The molecule has 0 saturated heterocycles. The van der Waals surface area contributed by atoms with E-state index in [-0.39, 0.29) is 23.9 Å². The number of carbonyl (C=O) groups excluding carboxylic acids is 1. The first kappa shape index (κ1) is 30.8. The van der Waals surface area contributed by atoms with Crippen molar-refractivity contribution in [3.05, 3.63) is 169 Å². The molecule has 238 valence electrons. The molecule has 1 amide bonds. The number of para-hydroxylation sites is 1. The van der Waals surface area contributed by atoms with E-state index in [2.05, 4.69) is 5.32 Å². The van der Waals surface area contributed by atoms with Crippen LogP contribution in [-0.4, -0.2) is 17.6 Å². The zero-order valence-electron chi connectivity index (χ0n) is 26.1. The van der Waals surface area contributed by atoms with Gasteiger partial charge in [-0.15, -0.1) is 0 Å². The van der Waals surface area contributed by atoms with E-state index in [0.717, 1.165) is 10.8 Å². The molecule has 0 aliphatic carbocycles. The molecule has 7 rings (SSSR count). The molecule has 7 nitrogen and oxygen atoms in total. The first-order chi connectivity index (χ1) is 23.4. The molecule has 1 atom stereocenters. The highest BCUT2D eigenvalue weighted by atomic mass is 32.1. The van der Waals surface area contributed by atoms with E-state index < -0.39 is 6.04 Å². The van der Waals surface area contributed by atoms with Crippen LogP contribution in [-0.2, 0) is 11.4 Å². The van der Waals surface area contributed by atoms with Gasteiger partial charge in [-0.1, -0.05) is 90.2 Å². The van der Waals surface area contributed by atoms with Crippen molar-refractivity contribution in [1.82, 2.24) is 4.57 Å². The predicted molar refractivity (Wildman–Crippen MR) is 187 cm³/mol. The minimum atomic E-state index is -0.772. The second kappa shape index (κ2) is 13.1. The van der Waals surface area contributed by atoms with E-state index >= 15 is 0 Å². The topological polar surface area (TPSA) is 81.9 Å². The van der Waals surface area contributed by atoms with Crippen LogP contribution in [0.5, 0.6) is 11.5 Å². The highest BCUT2D eigenvalue weighted by Gasteiger charge is 2.33. The summed E-state index contributed by atoms with van der Waals surface area (Å²) >= 11 is 1.24. The fourth-order valence-electron chi connectivity index (χ4n) is 5.91. The molecular weight excluding hydrogens is 626 g/mol. The summed E-state index contributed by atoms with van der Waals surface area (Å²) < 4.78 is 28.1. The summed E-state index contributed by atoms with van der Waals surface area (Å²) in [5, 5.41) is 4.81. The quantitative estimate of drug-likeness (QED) is 0.197. The van der Waals surface area contributed by atoms with Crippen LogP contribution in [0.1, 0.15) is 29.7 Å². The van der Waals surface area contributed by atoms with Crippen molar-refractivity contribution in [3.63, 3.8) is 0 Å². The number of hydrogen-bond acceptors (Lipinski definition) is 6. The lowest BCUT2D eigenvalue weighted by molar-refractivity contribution is -0.113. The summed E-state index contributed by atoms with van der Waals surface area (Å²) in [6.45, 7) is 1.80. The van der Waals surface area contributed by atoms with Crippen molar-refractivity contribution in [3.8, 4) is 11.5 Å². The molecule has 6 aromatic rings. The Hall–Kier alpha value is -5.80. The Balaban J connectivity index is 1.38. The summed E-state index contributed by atoms with van der Waals surface area (Å²) in [5.41, 5.74) is 2.99. The van der Waals surface area contributed by atoms with E-state index in [1.165, 1.54) is 17.4 Å². The highest BCUT2D eigenvalue weighted by Crippen LogP contribution is 2.33. The Morgan fingerprint density at radius 2 is 1.73 bits per heavy atom. The molecule has 0 fully saturated rings. The van der Waals surface area contributed by atoms with Crippen LogP contribution in [0.2, 0.25) is 0 Å². The average Bonchev–Trinajstić information content (AvgIpc) is 3.41. The van der Waals surface area contributed by atoms with Crippen LogP contribution in [0.4, 0.5) is 10.1 Å². The van der Waals surface area contributed by atoms with Crippen LogP contribution in [0.15, 0.2) is 136 Å². The Morgan fingerprint density at radius 1 is 0.958 bits per heavy atom. The van der Waals surface area contributed by atoms with Crippen LogP contribution in [0.25, 0.3) is 16.8 Å². The largest absolute Gasteiger partial charge is 0.497 e. The fraction of sp³-hybridized carbons (Fsp3) is 0.103. The number of halogens is 1. The molecule has 1 aliphatic rings. The van der Waals surface area contributed by atoms with E-state index in [1.807, 2.05) is 78.9 Å². The summed E-state index contributed by atoms with van der Waals surface area (Å²) in [6.07, 6.45) is 1.80. The van der Waals surface area contributed by atoms with E-state index in [1.54, 1.807) is 55.0 Å². The number of nitrogens with zero attached hydrogens (tertiary/aromatic N) is 2. The minimum Gasteiger partial charge on any atom is -0.497 e. The van der Waals surface area contributed by atoms with Crippen molar-refractivity contribution in [1.29, 1.82) is 0 Å². The molecule has 9 heteroatoms. The number of methoxy groups -OCH3 is 1. The number of benzene rings is 5. The summed E-state index contributed by atoms with van der Waals surface area (Å²) in [6, 6.07) is 33.8. The number of thiazole rings is 1. The number of amides is 1. The number of hydrogen-bond donors (Lipinski definition) is 1. The number of anilines is 1. The lowest BCUT2D eigenvalue weighted by atomic mass is 9.95. The predicted octanol–water partition coefficient (Wildman–Crippen LogP) is 6.75. The molecule has 1 N–H and O–H groups in total. The summed E-state index contributed by atoms with van der Waals surface area (Å²) in [5.74, 6) is 0.390. The van der Waals surface area contributed by atoms with Crippen LogP contribution in [0, 0.1) is 5.82 Å². The summed E-state index contributed by atoms with van der Waals surface area (Å²) in [7, 11) is 1.57. The van der Waals surface area contributed by atoms with Gasteiger partial charge in [0.2, 0.25) is 0 Å². The molecule has 5 aromatic carbocycles. The number of aromatic nitrogens is 1. The molecule has 0 radical (unpaired) electrons. The number of allylic oxidation sites excluding steroid dienone is 1. The second-order valence-electron chi connectivity index (χ2n) is 11.3. The van der Waals surface area contributed by atoms with Gasteiger partial charge in [-0.3, -0.25) is 14.2 Å². The van der Waals surface area contributed by atoms with Gasteiger partial charge in [0.25, 0.3) is 11.5 Å². The standard InChI is InChI=1S/C39H30FN3O4S/c1-24-35(37(44)42-28-14-4-3-5-15-28)36(26-13-10-16-29(21-26)46-2)43-38(45)34(48-39(43)41-24)22-31-30-17-8-6-11-25(30)19-20-33(31)47-23-27-12-7-9-18-32(27)40/h3-22,36H,23H2,1-2H3,(H,42,44). The fourth-order valence-corrected chi connectivity index (χ4v) is 6.94. The normalized spacial score (nSPS) is 14.4. The molecule has 48 heavy (non-hydrogen) atoms. The average molecular weight is 656 g/mol. The lowest BCUT2D eigenvalue weighted by Gasteiger charge is -2.25. The van der Waals surface area contributed by atoms with E-state index in [9.17, 15) is 14.0 Å². The van der Waals surface area contributed by atoms with Crippen LogP contribution >= 0.6 is 11.3 Å². The molecule has 1 unspecified atom stereocenters. The number of ether oxygens (including phenoxy) is 2. The molecule has 0 bridgehead atoms. The van der Waals surface area contributed by atoms with E-state index in [4.69, 9.17) is 14.5 Å². The van der Waals surface area contributed by atoms with Gasteiger partial charge in [-0.2, -0.15) is 0 Å². The third-order valence-electron chi connectivity index (χ3n) is 8.25. The Labute approximate surface area is 279 Å². The Morgan fingerprint density at radius 3 is 2.54 bits per heavy atom. The zero-order valence-corrected chi connectivity index (χ0v) is 27.0. The van der Waals surface area contributed by atoms with Crippen molar-refractivity contribution in [2.45, 2.75) is 19.6 Å². The van der Waals surface area contributed by atoms with Crippen LogP contribution < -0.4 is 29.7 Å². The third kappa shape index (κ3) is 5.91. The SMILES string of the molecule is COc1cccc(C2C(C(=O)Nc3ccccc3)=C(C)N=c3sc(=Cc4c(OCc5ccccc5F)ccc5ccccc45)c(=O)n32)c1. The Kier molecular flexibility index (Phi) is 8.44. The molecule has 1 aromatic heterocycles. The maximum Gasteiger partial charge on any atom is 0.271 e. The van der Waals surface area contributed by atoms with Gasteiger partial charge in [0.05, 0.1) is 29.0 Å². The van der Waals surface area contributed by atoms with Gasteiger partial charge in [0, 0.05) is 16.8 Å². The van der Waals surface area contributed by atoms with Crippen molar-refractivity contribution in [2.24, 2.45) is 4.99 Å². The smallest absolute Gasteiger partial charge is 0.271 e. The van der Waals surface area contributed by atoms with Crippen molar-refractivity contribution >= 4 is 39.8 Å². The lowest BCUT2D eigenvalue weighted by Crippen LogP contribution is -2.40. The minimum absolute atomic E-state index is 0.0159. The van der Waals surface area contributed by atoms with Gasteiger partial charge >= 0.3 is 0 Å². The van der Waals surface area contributed by atoms with E-state index in [0.29, 0.717) is 54.5 Å². The first-order valence-electron chi connectivity index (χ1n) is 15.3. The van der Waals surface area contributed by atoms with Gasteiger partial charge in [-0.05, 0) is 65.7 Å². The van der Waals surface area contributed by atoms with Gasteiger partial charge in [-0.25, -0.2) is 9.38 Å². The highest BCUT2D eigenvalue weighted by molar-refractivity contribution is 7.07. The van der Waals surface area contributed by atoms with Gasteiger partial charge in [0.15, 0.2) is 4.80 Å². The maximum absolute atomic E-state index is 14.5. The number of nitrogens with one attached hydrogen (secondary N) is 1.